The van der Waals surface area contributed by atoms with Gasteiger partial charge in [-0.05, 0) is 63.7 Å². The van der Waals surface area contributed by atoms with Gasteiger partial charge in [-0.25, -0.2) is 15.0 Å². The topological polar surface area (TPSA) is 61.0 Å². The lowest BCUT2D eigenvalue weighted by Crippen LogP contribution is -2.32. The minimum absolute atomic E-state index is 0.581. The highest BCUT2D eigenvalue weighted by Crippen LogP contribution is 2.63. The van der Waals surface area contributed by atoms with Gasteiger partial charge in [0, 0.05) is 38.6 Å². The monoisotopic (exact) mass is 729 g/mol. The minimum atomic E-state index is -0.608. The third kappa shape index (κ3) is 4.60. The standard InChI is InChI=1S/C52H31N3O2/c1-3-15-32(16-4-1)34-29-30-43-38(31-34)48-37(21-14-28-46(48)56-43)51-54-49(33-17-5-2-6-18-33)53-50(55-51)36-20-13-25-42-47(36)35-19-7-8-22-39(35)52(42)40-23-9-11-26-44(40)57-45-27-12-10-24-41(45)52/h1-31H. The summed E-state index contributed by atoms with van der Waals surface area (Å²) in [5.74, 6) is 3.50. The highest BCUT2D eigenvalue weighted by Gasteiger charge is 2.51. The molecule has 2 aromatic heterocycles. The highest BCUT2D eigenvalue weighted by atomic mass is 16.5. The number of nitrogens with zero attached hydrogens (tertiary/aromatic N) is 3. The van der Waals surface area contributed by atoms with Gasteiger partial charge < -0.3 is 9.15 Å². The number of hydrogen-bond acceptors (Lipinski definition) is 5. The molecule has 5 heteroatoms. The minimum Gasteiger partial charge on any atom is -0.457 e. The van der Waals surface area contributed by atoms with Crippen LogP contribution in [0, 0.1) is 0 Å². The van der Waals surface area contributed by atoms with E-state index in [9.17, 15) is 0 Å². The molecule has 1 spiro atoms. The van der Waals surface area contributed by atoms with Crippen LogP contribution >= 0.6 is 0 Å². The fourth-order valence-corrected chi connectivity index (χ4v) is 9.25. The van der Waals surface area contributed by atoms with Crippen molar-refractivity contribution in [2.45, 2.75) is 5.41 Å². The molecular weight excluding hydrogens is 699 g/mol. The second kappa shape index (κ2) is 12.2. The Morgan fingerprint density at radius 1 is 0.368 bits per heavy atom. The van der Waals surface area contributed by atoms with Crippen LogP contribution in [0.4, 0.5) is 0 Å². The Balaban J connectivity index is 1.14. The van der Waals surface area contributed by atoms with Crippen molar-refractivity contribution in [3.63, 3.8) is 0 Å². The first-order chi connectivity index (χ1) is 28.3. The zero-order valence-corrected chi connectivity index (χ0v) is 30.6. The van der Waals surface area contributed by atoms with Gasteiger partial charge in [-0.2, -0.15) is 0 Å². The summed E-state index contributed by atoms with van der Waals surface area (Å²) in [4.78, 5) is 15.9. The summed E-state index contributed by atoms with van der Waals surface area (Å²) in [5, 5.41) is 1.98. The van der Waals surface area contributed by atoms with E-state index in [1.165, 1.54) is 11.1 Å². The molecule has 5 nitrogen and oxygen atoms in total. The molecule has 0 unspecified atom stereocenters. The summed E-state index contributed by atoms with van der Waals surface area (Å²) < 4.78 is 13.1. The molecule has 0 bridgehead atoms. The summed E-state index contributed by atoms with van der Waals surface area (Å²) in [5.41, 5.74) is 12.8. The number of para-hydroxylation sites is 2. The normalized spacial score (nSPS) is 13.2. The first-order valence-corrected chi connectivity index (χ1v) is 19.2. The third-order valence-electron chi connectivity index (χ3n) is 11.6. The summed E-state index contributed by atoms with van der Waals surface area (Å²) in [6.07, 6.45) is 0. The van der Waals surface area contributed by atoms with Crippen LogP contribution < -0.4 is 4.74 Å². The molecule has 8 aromatic carbocycles. The number of furan rings is 1. The van der Waals surface area contributed by atoms with Crippen molar-refractivity contribution in [3.8, 4) is 67.9 Å². The summed E-state index contributed by atoms with van der Waals surface area (Å²) >= 11 is 0. The van der Waals surface area contributed by atoms with E-state index in [2.05, 4.69) is 140 Å². The molecule has 1 aliphatic carbocycles. The number of aromatic nitrogens is 3. The maximum absolute atomic E-state index is 6.59. The zero-order chi connectivity index (χ0) is 37.5. The first-order valence-electron chi connectivity index (χ1n) is 19.2. The quantitative estimate of drug-likeness (QED) is 0.180. The zero-order valence-electron chi connectivity index (χ0n) is 30.6. The molecule has 0 N–H and O–H groups in total. The molecule has 57 heavy (non-hydrogen) atoms. The second-order valence-corrected chi connectivity index (χ2v) is 14.6. The van der Waals surface area contributed by atoms with Gasteiger partial charge in [0.15, 0.2) is 17.5 Å². The molecule has 2 aliphatic rings. The van der Waals surface area contributed by atoms with Crippen LogP contribution in [-0.4, -0.2) is 15.0 Å². The van der Waals surface area contributed by atoms with E-state index in [4.69, 9.17) is 24.1 Å². The van der Waals surface area contributed by atoms with Crippen molar-refractivity contribution in [3.05, 3.63) is 210 Å². The molecule has 3 heterocycles. The highest BCUT2D eigenvalue weighted by molar-refractivity contribution is 6.13. The van der Waals surface area contributed by atoms with Crippen LogP contribution in [0.5, 0.6) is 11.5 Å². The largest absolute Gasteiger partial charge is 0.457 e. The molecule has 1 aliphatic heterocycles. The molecule has 0 amide bonds. The molecule has 0 atom stereocenters. The van der Waals surface area contributed by atoms with Crippen LogP contribution in [0.3, 0.4) is 0 Å². The van der Waals surface area contributed by atoms with Crippen molar-refractivity contribution >= 4 is 21.9 Å². The number of benzene rings is 8. The fraction of sp³-hybridized carbons (Fsp3) is 0.0192. The van der Waals surface area contributed by atoms with E-state index in [1.54, 1.807) is 0 Å². The summed E-state index contributed by atoms with van der Waals surface area (Å²) in [6.45, 7) is 0. The third-order valence-corrected chi connectivity index (χ3v) is 11.6. The number of rotatable bonds is 4. The lowest BCUT2D eigenvalue weighted by molar-refractivity contribution is 0.436. The molecule has 0 radical (unpaired) electrons. The molecule has 12 rings (SSSR count). The van der Waals surface area contributed by atoms with Gasteiger partial charge in [-0.3, -0.25) is 0 Å². The number of hydrogen-bond donors (Lipinski definition) is 0. The van der Waals surface area contributed by atoms with E-state index >= 15 is 0 Å². The van der Waals surface area contributed by atoms with E-state index in [0.717, 1.165) is 83.5 Å². The van der Waals surface area contributed by atoms with Crippen LogP contribution in [0.15, 0.2) is 192 Å². The van der Waals surface area contributed by atoms with Gasteiger partial charge in [-0.15, -0.1) is 0 Å². The van der Waals surface area contributed by atoms with Gasteiger partial charge in [-0.1, -0.05) is 158 Å². The lowest BCUT2D eigenvalue weighted by atomic mass is 9.66. The van der Waals surface area contributed by atoms with E-state index in [-0.39, 0.29) is 0 Å². The second-order valence-electron chi connectivity index (χ2n) is 14.6. The Labute approximate surface area is 328 Å². The average molecular weight is 730 g/mol. The Bertz CT molecular complexity index is 3180. The van der Waals surface area contributed by atoms with E-state index in [0.29, 0.717) is 17.5 Å². The van der Waals surface area contributed by atoms with Gasteiger partial charge in [0.2, 0.25) is 0 Å². The molecule has 266 valence electrons. The Hall–Kier alpha value is -7.63. The molecular formula is C52H31N3O2. The van der Waals surface area contributed by atoms with E-state index < -0.39 is 5.41 Å². The first kappa shape index (κ1) is 31.7. The van der Waals surface area contributed by atoms with Crippen molar-refractivity contribution in [1.82, 2.24) is 15.0 Å². The summed E-state index contributed by atoms with van der Waals surface area (Å²) in [6, 6.07) is 65.3. The van der Waals surface area contributed by atoms with Crippen molar-refractivity contribution in [2.75, 3.05) is 0 Å². The van der Waals surface area contributed by atoms with Crippen molar-refractivity contribution in [2.24, 2.45) is 0 Å². The maximum Gasteiger partial charge on any atom is 0.164 e. The molecule has 0 saturated heterocycles. The Morgan fingerprint density at radius 2 is 0.930 bits per heavy atom. The molecule has 0 saturated carbocycles. The van der Waals surface area contributed by atoms with Crippen LogP contribution in [-0.2, 0) is 5.41 Å². The Kier molecular flexibility index (Phi) is 6.78. The smallest absolute Gasteiger partial charge is 0.164 e. The van der Waals surface area contributed by atoms with Gasteiger partial charge >= 0.3 is 0 Å². The van der Waals surface area contributed by atoms with Crippen LogP contribution in [0.2, 0.25) is 0 Å². The van der Waals surface area contributed by atoms with Crippen LogP contribution in [0.1, 0.15) is 22.3 Å². The number of fused-ring (bicyclic) bond motifs is 12. The Morgan fingerprint density at radius 3 is 1.68 bits per heavy atom. The average Bonchev–Trinajstić information content (AvgIpc) is 3.81. The van der Waals surface area contributed by atoms with Gasteiger partial charge in [0.1, 0.15) is 22.7 Å². The molecule has 10 aromatic rings. The van der Waals surface area contributed by atoms with E-state index in [1.807, 2.05) is 48.5 Å². The summed E-state index contributed by atoms with van der Waals surface area (Å²) in [7, 11) is 0. The number of ether oxygens (including phenoxy) is 1. The van der Waals surface area contributed by atoms with Gasteiger partial charge in [0.25, 0.3) is 0 Å². The predicted octanol–water partition coefficient (Wildman–Crippen LogP) is 12.9. The SMILES string of the molecule is c1ccc(-c2ccc3oc4cccc(-c5nc(-c6ccccc6)nc(-c6cccc7c6-c6ccccc6C76c7ccccc7Oc7ccccc76)n5)c4c3c2)cc1. The predicted molar refractivity (Wildman–Crippen MR) is 226 cm³/mol. The maximum atomic E-state index is 6.59. The van der Waals surface area contributed by atoms with Gasteiger partial charge in [0.05, 0.1) is 5.41 Å². The van der Waals surface area contributed by atoms with Crippen LogP contribution in [0.25, 0.3) is 78.4 Å². The lowest BCUT2D eigenvalue weighted by Gasteiger charge is -2.39. The van der Waals surface area contributed by atoms with Crippen molar-refractivity contribution < 1.29 is 9.15 Å². The van der Waals surface area contributed by atoms with Crippen molar-refractivity contribution in [1.29, 1.82) is 0 Å². The fourth-order valence-electron chi connectivity index (χ4n) is 9.25. The molecule has 0 fully saturated rings.